The van der Waals surface area contributed by atoms with Crippen LogP contribution in [0, 0.1) is 6.92 Å². The Labute approximate surface area is 144 Å². The molecule has 6 heteroatoms. The van der Waals surface area contributed by atoms with E-state index in [0.717, 1.165) is 5.76 Å². The summed E-state index contributed by atoms with van der Waals surface area (Å²) in [6.07, 6.45) is 3.02. The van der Waals surface area contributed by atoms with Crippen LogP contribution in [0.25, 0.3) is 6.08 Å². The monoisotopic (exact) mass is 340 g/mol. The van der Waals surface area contributed by atoms with Crippen molar-refractivity contribution in [2.75, 3.05) is 13.2 Å². The van der Waals surface area contributed by atoms with Crippen LogP contribution in [-0.4, -0.2) is 25.0 Å². The molecule has 0 bridgehead atoms. The molecule has 1 aliphatic heterocycles. The Hall–Kier alpha value is -3.28. The first-order valence-electron chi connectivity index (χ1n) is 7.61. The lowest BCUT2D eigenvalue weighted by Gasteiger charge is -2.06. The highest BCUT2D eigenvalue weighted by Crippen LogP contribution is 2.35. The van der Waals surface area contributed by atoms with Crippen LogP contribution >= 0.6 is 0 Å². The number of hydrogen-bond donors (Lipinski definition) is 0. The average molecular weight is 340 g/mol. The second kappa shape index (κ2) is 7.09. The van der Waals surface area contributed by atoms with Crippen molar-refractivity contribution in [3.63, 3.8) is 0 Å². The van der Waals surface area contributed by atoms with Gasteiger partial charge in [-0.2, -0.15) is 0 Å². The summed E-state index contributed by atoms with van der Waals surface area (Å²) >= 11 is 0. The molecule has 25 heavy (non-hydrogen) atoms. The minimum Gasteiger partial charge on any atom is -0.482 e. The molecule has 0 unspecified atom stereocenters. The van der Waals surface area contributed by atoms with Gasteiger partial charge in [-0.25, -0.2) is 4.79 Å². The van der Waals surface area contributed by atoms with Gasteiger partial charge >= 0.3 is 5.97 Å². The number of hydrogen-bond acceptors (Lipinski definition) is 6. The average Bonchev–Trinajstić information content (AvgIpc) is 3.14. The zero-order chi connectivity index (χ0) is 17.8. The second-order valence-corrected chi connectivity index (χ2v) is 5.31. The van der Waals surface area contributed by atoms with Gasteiger partial charge in [0.1, 0.15) is 29.6 Å². The standard InChI is InChI=1S/C19H16O6/c1-3-8-22-18(20)11-23-13-6-7-15-16(9-13)25-17(19(15)21)10-14-5-4-12(2)24-14/h3-7,9-10H,1,8,11H2,2H3/b17-10+. The van der Waals surface area contributed by atoms with Gasteiger partial charge in [-0.15, -0.1) is 0 Å². The summed E-state index contributed by atoms with van der Waals surface area (Å²) in [5.74, 6) is 1.48. The van der Waals surface area contributed by atoms with Crippen molar-refractivity contribution in [2.24, 2.45) is 0 Å². The first-order chi connectivity index (χ1) is 12.1. The number of benzene rings is 1. The quantitative estimate of drug-likeness (QED) is 0.456. The van der Waals surface area contributed by atoms with E-state index < -0.39 is 5.97 Å². The number of esters is 1. The third kappa shape index (κ3) is 3.80. The minimum atomic E-state index is -0.508. The van der Waals surface area contributed by atoms with Crippen LogP contribution < -0.4 is 9.47 Å². The normalized spacial score (nSPS) is 14.1. The number of furan rings is 1. The lowest BCUT2D eigenvalue weighted by atomic mass is 10.1. The van der Waals surface area contributed by atoms with Crippen molar-refractivity contribution in [3.8, 4) is 11.5 Å². The van der Waals surface area contributed by atoms with E-state index in [4.69, 9.17) is 18.6 Å². The fourth-order valence-electron chi connectivity index (χ4n) is 2.25. The second-order valence-electron chi connectivity index (χ2n) is 5.31. The van der Waals surface area contributed by atoms with E-state index >= 15 is 0 Å². The van der Waals surface area contributed by atoms with Gasteiger partial charge in [0.15, 0.2) is 12.4 Å². The van der Waals surface area contributed by atoms with Gasteiger partial charge in [0.05, 0.1) is 5.56 Å². The predicted octanol–water partition coefficient (Wildman–Crippen LogP) is 3.31. The molecule has 0 saturated carbocycles. The summed E-state index contributed by atoms with van der Waals surface area (Å²) in [6, 6.07) is 8.31. The number of rotatable bonds is 6. The Kier molecular flexibility index (Phi) is 4.70. The third-order valence-corrected chi connectivity index (χ3v) is 3.39. The fourth-order valence-corrected chi connectivity index (χ4v) is 2.25. The lowest BCUT2D eigenvalue weighted by Crippen LogP contribution is -2.14. The molecule has 0 atom stereocenters. The first kappa shape index (κ1) is 16.6. The Morgan fingerprint density at radius 3 is 2.84 bits per heavy atom. The van der Waals surface area contributed by atoms with E-state index in [1.165, 1.54) is 6.08 Å². The van der Waals surface area contributed by atoms with Crippen molar-refractivity contribution in [1.29, 1.82) is 0 Å². The Balaban J connectivity index is 1.70. The molecule has 0 spiro atoms. The molecule has 0 N–H and O–H groups in total. The molecule has 2 heterocycles. The van der Waals surface area contributed by atoms with E-state index in [-0.39, 0.29) is 24.8 Å². The maximum absolute atomic E-state index is 12.3. The van der Waals surface area contributed by atoms with E-state index in [9.17, 15) is 9.59 Å². The van der Waals surface area contributed by atoms with E-state index in [1.54, 1.807) is 36.4 Å². The van der Waals surface area contributed by atoms with Crippen molar-refractivity contribution in [1.82, 2.24) is 0 Å². The number of ether oxygens (including phenoxy) is 3. The Bertz CT molecular complexity index is 859. The van der Waals surface area contributed by atoms with Gasteiger partial charge in [-0.1, -0.05) is 12.7 Å². The van der Waals surface area contributed by atoms with Crippen LogP contribution in [0.15, 0.2) is 53.2 Å². The lowest BCUT2D eigenvalue weighted by molar-refractivity contribution is -0.144. The summed E-state index contributed by atoms with van der Waals surface area (Å²) in [6.45, 7) is 5.16. The molecule has 0 radical (unpaired) electrons. The molecule has 0 fully saturated rings. The van der Waals surface area contributed by atoms with Gasteiger partial charge in [0, 0.05) is 12.1 Å². The maximum Gasteiger partial charge on any atom is 0.344 e. The van der Waals surface area contributed by atoms with Crippen LogP contribution in [0.3, 0.4) is 0 Å². The Morgan fingerprint density at radius 1 is 1.28 bits per heavy atom. The van der Waals surface area contributed by atoms with Crippen LogP contribution in [0.1, 0.15) is 21.9 Å². The summed E-state index contributed by atoms with van der Waals surface area (Å²) < 4.78 is 21.2. The van der Waals surface area contributed by atoms with Crippen LogP contribution in [0.2, 0.25) is 0 Å². The third-order valence-electron chi connectivity index (χ3n) is 3.39. The molecule has 0 amide bonds. The number of Topliss-reactive ketones (excluding diaryl/α,β-unsaturated/α-hetero) is 1. The zero-order valence-electron chi connectivity index (χ0n) is 13.6. The van der Waals surface area contributed by atoms with Crippen LogP contribution in [0.5, 0.6) is 11.5 Å². The molecule has 6 nitrogen and oxygen atoms in total. The maximum atomic E-state index is 12.3. The number of aryl methyl sites for hydroxylation is 1. The van der Waals surface area contributed by atoms with Gasteiger partial charge < -0.3 is 18.6 Å². The van der Waals surface area contributed by atoms with Crippen molar-refractivity contribution in [3.05, 3.63) is 65.8 Å². The smallest absolute Gasteiger partial charge is 0.344 e. The van der Waals surface area contributed by atoms with Gasteiger partial charge in [-0.05, 0) is 31.2 Å². The highest BCUT2D eigenvalue weighted by Gasteiger charge is 2.28. The number of ketones is 1. The number of carbonyl (C=O) groups excluding carboxylic acids is 2. The minimum absolute atomic E-state index is 0.129. The summed E-state index contributed by atoms with van der Waals surface area (Å²) in [5.41, 5.74) is 0.427. The molecular weight excluding hydrogens is 324 g/mol. The van der Waals surface area contributed by atoms with Gasteiger partial charge in [-0.3, -0.25) is 4.79 Å². The van der Waals surface area contributed by atoms with Crippen molar-refractivity contribution in [2.45, 2.75) is 6.92 Å². The SMILES string of the molecule is C=CCOC(=O)COc1ccc2c(c1)O/C(=C/c1ccc(C)o1)C2=O. The van der Waals surface area contributed by atoms with Crippen molar-refractivity contribution < 1.29 is 28.2 Å². The molecule has 0 saturated heterocycles. The molecule has 2 aromatic rings. The Morgan fingerprint density at radius 2 is 2.12 bits per heavy atom. The van der Waals surface area contributed by atoms with Crippen LogP contribution in [-0.2, 0) is 9.53 Å². The molecule has 0 aliphatic carbocycles. The van der Waals surface area contributed by atoms with E-state index in [1.807, 2.05) is 6.92 Å². The number of allylic oxidation sites excluding steroid dienone is 1. The molecule has 1 aromatic carbocycles. The van der Waals surface area contributed by atoms with E-state index in [0.29, 0.717) is 22.8 Å². The summed E-state index contributed by atoms with van der Waals surface area (Å²) in [5, 5.41) is 0. The molecule has 1 aromatic heterocycles. The number of carbonyl (C=O) groups is 2. The topological polar surface area (TPSA) is 75.0 Å². The highest BCUT2D eigenvalue weighted by atomic mass is 16.6. The summed E-state index contributed by atoms with van der Waals surface area (Å²) in [7, 11) is 0. The molecular formula is C19H16O6. The number of fused-ring (bicyclic) bond motifs is 1. The van der Waals surface area contributed by atoms with Crippen molar-refractivity contribution >= 4 is 17.8 Å². The van der Waals surface area contributed by atoms with Gasteiger partial charge in [0.25, 0.3) is 0 Å². The molecule has 1 aliphatic rings. The zero-order valence-corrected chi connectivity index (χ0v) is 13.6. The molecule has 128 valence electrons. The summed E-state index contributed by atoms with van der Waals surface area (Å²) in [4.78, 5) is 23.8. The fraction of sp³-hybridized carbons (Fsp3) is 0.158. The van der Waals surface area contributed by atoms with E-state index in [2.05, 4.69) is 6.58 Å². The molecule has 3 rings (SSSR count). The largest absolute Gasteiger partial charge is 0.482 e. The predicted molar refractivity (Wildman–Crippen MR) is 89.5 cm³/mol. The first-order valence-corrected chi connectivity index (χ1v) is 7.61. The van der Waals surface area contributed by atoms with Gasteiger partial charge in [0.2, 0.25) is 5.78 Å². The van der Waals surface area contributed by atoms with Crippen LogP contribution in [0.4, 0.5) is 0 Å². The highest BCUT2D eigenvalue weighted by molar-refractivity contribution is 6.14.